The Balaban J connectivity index is 2.09. The van der Waals surface area contributed by atoms with Crippen molar-refractivity contribution in [1.29, 1.82) is 0 Å². The average Bonchev–Trinajstić information content (AvgIpc) is 2.88. The Hall–Kier alpha value is -2.34. The van der Waals surface area contributed by atoms with E-state index in [9.17, 15) is 8.42 Å². The van der Waals surface area contributed by atoms with Crippen molar-refractivity contribution in [3.05, 3.63) is 59.7 Å². The first-order valence-corrected chi connectivity index (χ1v) is 8.27. The molecule has 0 saturated carbocycles. The smallest absolute Gasteiger partial charge is 0.264 e. The van der Waals surface area contributed by atoms with Crippen LogP contribution in [0.15, 0.2) is 58.6 Å². The summed E-state index contributed by atoms with van der Waals surface area (Å²) in [6.45, 7) is 2.09. The van der Waals surface area contributed by atoms with E-state index in [0.29, 0.717) is 11.4 Å². The van der Waals surface area contributed by atoms with E-state index in [-0.39, 0.29) is 11.4 Å². The largest absolute Gasteiger partial charge is 0.399 e. The van der Waals surface area contributed by atoms with E-state index in [4.69, 9.17) is 4.84 Å². The Morgan fingerprint density at radius 3 is 2.45 bits per heavy atom. The van der Waals surface area contributed by atoms with Crippen LogP contribution in [0.1, 0.15) is 11.1 Å². The van der Waals surface area contributed by atoms with Crippen molar-refractivity contribution in [1.82, 2.24) is 0 Å². The molecule has 0 radical (unpaired) electrons. The second-order valence-electron chi connectivity index (χ2n) is 5.06. The summed E-state index contributed by atoms with van der Waals surface area (Å²) in [7, 11) is -2.17. The van der Waals surface area contributed by atoms with Gasteiger partial charge in [-0.1, -0.05) is 41.1 Å². The van der Waals surface area contributed by atoms with Crippen LogP contribution in [0.5, 0.6) is 0 Å². The molecule has 0 saturated heterocycles. The standard InChI is InChI=1S/C16H16N2O3S/c1-12-7-9-13(10-8-12)22(19,20)18-11-15(17-21-2)14-5-3-4-6-16(14)18/h3-10H,11H2,1-2H3/b17-15-. The molecule has 3 rings (SSSR count). The molecule has 1 heterocycles. The second kappa shape index (κ2) is 5.46. The maximum Gasteiger partial charge on any atom is 0.264 e. The van der Waals surface area contributed by atoms with Crippen LogP contribution in [0.4, 0.5) is 5.69 Å². The third kappa shape index (κ3) is 2.35. The molecule has 1 aliphatic rings. The van der Waals surface area contributed by atoms with E-state index >= 15 is 0 Å². The normalized spacial score (nSPS) is 15.9. The van der Waals surface area contributed by atoms with Gasteiger partial charge in [0.1, 0.15) is 12.8 Å². The molecule has 6 heteroatoms. The molecule has 0 fully saturated rings. The quantitative estimate of drug-likeness (QED) is 0.818. The predicted octanol–water partition coefficient (Wildman–Crippen LogP) is 2.55. The zero-order valence-corrected chi connectivity index (χ0v) is 13.2. The predicted molar refractivity (Wildman–Crippen MR) is 85.7 cm³/mol. The van der Waals surface area contributed by atoms with Crippen molar-refractivity contribution in [2.24, 2.45) is 5.16 Å². The van der Waals surface area contributed by atoms with Gasteiger partial charge in [-0.2, -0.15) is 0 Å². The van der Waals surface area contributed by atoms with E-state index in [1.54, 1.807) is 30.3 Å². The number of aryl methyl sites for hydroxylation is 1. The van der Waals surface area contributed by atoms with E-state index in [2.05, 4.69) is 5.16 Å². The van der Waals surface area contributed by atoms with Gasteiger partial charge >= 0.3 is 0 Å². The Kier molecular flexibility index (Phi) is 3.62. The number of nitrogens with zero attached hydrogens (tertiary/aromatic N) is 2. The van der Waals surface area contributed by atoms with Gasteiger partial charge in [-0.3, -0.25) is 4.31 Å². The first-order valence-electron chi connectivity index (χ1n) is 6.83. The number of fused-ring (bicyclic) bond motifs is 1. The molecular formula is C16H16N2O3S. The Bertz CT molecular complexity index is 827. The van der Waals surface area contributed by atoms with E-state index in [1.165, 1.54) is 11.4 Å². The van der Waals surface area contributed by atoms with Crippen LogP contribution in [0, 0.1) is 6.92 Å². The number of para-hydroxylation sites is 1. The fourth-order valence-corrected chi connectivity index (χ4v) is 3.93. The van der Waals surface area contributed by atoms with Crippen molar-refractivity contribution in [3.63, 3.8) is 0 Å². The van der Waals surface area contributed by atoms with Gasteiger partial charge in [0.25, 0.3) is 10.0 Å². The number of rotatable bonds is 3. The lowest BCUT2D eigenvalue weighted by Gasteiger charge is -2.19. The maximum absolute atomic E-state index is 12.9. The summed E-state index contributed by atoms with van der Waals surface area (Å²) in [4.78, 5) is 5.10. The number of sulfonamides is 1. The molecule has 114 valence electrons. The van der Waals surface area contributed by atoms with Gasteiger partial charge in [0.15, 0.2) is 0 Å². The molecule has 0 spiro atoms. The Morgan fingerprint density at radius 2 is 1.77 bits per heavy atom. The van der Waals surface area contributed by atoms with Gasteiger partial charge in [-0.15, -0.1) is 0 Å². The monoisotopic (exact) mass is 316 g/mol. The summed E-state index contributed by atoms with van der Waals surface area (Å²) in [6.07, 6.45) is 0. The van der Waals surface area contributed by atoms with Gasteiger partial charge < -0.3 is 4.84 Å². The Morgan fingerprint density at radius 1 is 1.09 bits per heavy atom. The SMILES string of the molecule is CO/N=C1/CN(S(=O)(=O)c2ccc(C)cc2)c2ccccc21. The molecule has 1 aliphatic heterocycles. The molecule has 0 N–H and O–H groups in total. The summed E-state index contributed by atoms with van der Waals surface area (Å²) in [5, 5.41) is 3.95. The van der Waals surface area contributed by atoms with E-state index < -0.39 is 10.0 Å². The van der Waals surface area contributed by atoms with E-state index in [0.717, 1.165) is 11.1 Å². The summed E-state index contributed by atoms with van der Waals surface area (Å²) in [6, 6.07) is 14.1. The lowest BCUT2D eigenvalue weighted by atomic mass is 10.1. The fourth-order valence-electron chi connectivity index (χ4n) is 2.48. The number of hydrogen-bond acceptors (Lipinski definition) is 4. The molecular weight excluding hydrogens is 300 g/mol. The van der Waals surface area contributed by atoms with Crippen molar-refractivity contribution in [2.75, 3.05) is 18.0 Å². The van der Waals surface area contributed by atoms with Crippen molar-refractivity contribution in [2.45, 2.75) is 11.8 Å². The topological polar surface area (TPSA) is 59.0 Å². The maximum atomic E-state index is 12.9. The third-order valence-electron chi connectivity index (χ3n) is 3.59. The first-order chi connectivity index (χ1) is 10.5. The molecule has 0 aromatic heterocycles. The molecule has 2 aromatic carbocycles. The molecule has 0 atom stereocenters. The second-order valence-corrected chi connectivity index (χ2v) is 6.92. The highest BCUT2D eigenvalue weighted by Crippen LogP contribution is 2.33. The number of hydrogen-bond donors (Lipinski definition) is 0. The number of benzene rings is 2. The molecule has 22 heavy (non-hydrogen) atoms. The molecule has 0 bridgehead atoms. The summed E-state index contributed by atoms with van der Waals surface area (Å²) in [5.41, 5.74) is 3.02. The highest BCUT2D eigenvalue weighted by molar-refractivity contribution is 7.93. The average molecular weight is 316 g/mol. The van der Waals surface area contributed by atoms with E-state index in [1.807, 2.05) is 25.1 Å². The molecule has 0 aliphatic carbocycles. The van der Waals surface area contributed by atoms with Crippen LogP contribution in [-0.4, -0.2) is 27.8 Å². The minimum Gasteiger partial charge on any atom is -0.399 e. The fraction of sp³-hybridized carbons (Fsp3) is 0.188. The first kappa shape index (κ1) is 14.6. The molecule has 0 amide bonds. The van der Waals surface area contributed by atoms with Crippen LogP contribution < -0.4 is 4.31 Å². The summed E-state index contributed by atoms with van der Waals surface area (Å²) < 4.78 is 27.1. The number of anilines is 1. The van der Waals surface area contributed by atoms with Crippen molar-refractivity contribution in [3.8, 4) is 0 Å². The lowest BCUT2D eigenvalue weighted by molar-refractivity contribution is 0.213. The van der Waals surface area contributed by atoms with Gasteiger partial charge in [0.2, 0.25) is 0 Å². The van der Waals surface area contributed by atoms with Crippen LogP contribution >= 0.6 is 0 Å². The van der Waals surface area contributed by atoms with Crippen molar-refractivity contribution < 1.29 is 13.3 Å². The zero-order valence-electron chi connectivity index (χ0n) is 12.4. The minimum absolute atomic E-state index is 0.170. The van der Waals surface area contributed by atoms with Gasteiger partial charge in [-0.25, -0.2) is 8.42 Å². The van der Waals surface area contributed by atoms with Crippen LogP contribution in [0.25, 0.3) is 0 Å². The van der Waals surface area contributed by atoms with Crippen LogP contribution in [0.2, 0.25) is 0 Å². The molecule has 2 aromatic rings. The van der Waals surface area contributed by atoms with Crippen LogP contribution in [-0.2, 0) is 14.9 Å². The lowest BCUT2D eigenvalue weighted by Crippen LogP contribution is -2.30. The Labute approximate surface area is 129 Å². The molecule has 0 unspecified atom stereocenters. The van der Waals surface area contributed by atoms with Gasteiger partial charge in [0.05, 0.1) is 17.1 Å². The van der Waals surface area contributed by atoms with Gasteiger partial charge in [0, 0.05) is 5.56 Å². The minimum atomic E-state index is -3.62. The zero-order chi connectivity index (χ0) is 15.7. The molecule has 5 nitrogen and oxygen atoms in total. The van der Waals surface area contributed by atoms with Crippen LogP contribution in [0.3, 0.4) is 0 Å². The third-order valence-corrected chi connectivity index (χ3v) is 5.36. The number of oxime groups is 1. The van der Waals surface area contributed by atoms with Crippen molar-refractivity contribution >= 4 is 21.4 Å². The summed E-state index contributed by atoms with van der Waals surface area (Å²) >= 11 is 0. The highest BCUT2D eigenvalue weighted by atomic mass is 32.2. The van der Waals surface area contributed by atoms with Gasteiger partial charge in [-0.05, 0) is 25.1 Å². The highest BCUT2D eigenvalue weighted by Gasteiger charge is 2.34. The summed E-state index contributed by atoms with van der Waals surface area (Å²) in [5.74, 6) is 0.